The number of nitrogen functional groups attached to an aromatic ring is 1. The number of ether oxygens (including phenoxy) is 1. The summed E-state index contributed by atoms with van der Waals surface area (Å²) in [5.41, 5.74) is 5.72. The SMILES string of the molecule is COc1nc(N)nc(N(C)CC(C)(C)C)n1. The highest BCUT2D eigenvalue weighted by molar-refractivity contribution is 5.35. The quantitative estimate of drug-likeness (QED) is 0.825. The molecule has 6 nitrogen and oxygen atoms in total. The van der Waals surface area contributed by atoms with Crippen LogP contribution in [-0.2, 0) is 0 Å². The summed E-state index contributed by atoms with van der Waals surface area (Å²) >= 11 is 0. The molecule has 0 spiro atoms. The van der Waals surface area contributed by atoms with Crippen LogP contribution >= 0.6 is 0 Å². The third-order valence-electron chi connectivity index (χ3n) is 1.86. The standard InChI is InChI=1S/C10H19N5O/c1-10(2,3)6-15(4)8-12-7(11)13-9(14-8)16-5/h6H2,1-5H3,(H2,11,12,13,14). The zero-order chi connectivity index (χ0) is 12.3. The molecule has 0 aliphatic carbocycles. The van der Waals surface area contributed by atoms with Gasteiger partial charge in [0.1, 0.15) is 0 Å². The van der Waals surface area contributed by atoms with Gasteiger partial charge in [-0.25, -0.2) is 0 Å². The van der Waals surface area contributed by atoms with Crippen LogP contribution in [0.5, 0.6) is 6.01 Å². The van der Waals surface area contributed by atoms with E-state index in [1.165, 1.54) is 7.11 Å². The first-order valence-corrected chi connectivity index (χ1v) is 5.08. The summed E-state index contributed by atoms with van der Waals surface area (Å²) in [5, 5.41) is 0. The van der Waals surface area contributed by atoms with E-state index in [9.17, 15) is 0 Å². The molecule has 90 valence electrons. The summed E-state index contributed by atoms with van der Waals surface area (Å²) < 4.78 is 4.95. The lowest BCUT2D eigenvalue weighted by molar-refractivity contribution is 0.376. The molecule has 0 saturated heterocycles. The van der Waals surface area contributed by atoms with E-state index in [0.29, 0.717) is 5.95 Å². The first-order chi connectivity index (χ1) is 7.31. The third-order valence-corrected chi connectivity index (χ3v) is 1.86. The van der Waals surface area contributed by atoms with E-state index in [0.717, 1.165) is 6.54 Å². The Morgan fingerprint density at radius 3 is 2.38 bits per heavy atom. The van der Waals surface area contributed by atoms with Crippen LogP contribution in [0.3, 0.4) is 0 Å². The lowest BCUT2D eigenvalue weighted by Gasteiger charge is -2.26. The minimum Gasteiger partial charge on any atom is -0.467 e. The number of nitrogens with two attached hydrogens (primary N) is 1. The Balaban J connectivity index is 2.90. The average Bonchev–Trinajstić information content (AvgIpc) is 2.14. The molecule has 16 heavy (non-hydrogen) atoms. The summed E-state index contributed by atoms with van der Waals surface area (Å²) in [6, 6.07) is 0.239. The highest BCUT2D eigenvalue weighted by Gasteiger charge is 2.16. The van der Waals surface area contributed by atoms with E-state index >= 15 is 0 Å². The van der Waals surface area contributed by atoms with Crippen molar-refractivity contribution >= 4 is 11.9 Å². The number of rotatable bonds is 3. The van der Waals surface area contributed by atoms with Gasteiger partial charge in [0.2, 0.25) is 11.9 Å². The summed E-state index contributed by atoms with van der Waals surface area (Å²) in [5.74, 6) is 0.696. The van der Waals surface area contributed by atoms with Gasteiger partial charge in [0, 0.05) is 13.6 Å². The number of methoxy groups -OCH3 is 1. The van der Waals surface area contributed by atoms with Crippen molar-refractivity contribution in [1.82, 2.24) is 15.0 Å². The molecule has 0 radical (unpaired) electrons. The molecule has 1 aromatic rings. The van der Waals surface area contributed by atoms with E-state index in [1.807, 2.05) is 11.9 Å². The van der Waals surface area contributed by atoms with E-state index in [1.54, 1.807) is 0 Å². The minimum atomic E-state index is 0.156. The molecule has 0 aliphatic rings. The fraction of sp³-hybridized carbons (Fsp3) is 0.700. The molecule has 0 saturated carbocycles. The van der Waals surface area contributed by atoms with Crippen molar-refractivity contribution in [3.63, 3.8) is 0 Å². The summed E-state index contributed by atoms with van der Waals surface area (Å²) in [7, 11) is 3.42. The smallest absolute Gasteiger partial charge is 0.322 e. The van der Waals surface area contributed by atoms with E-state index in [4.69, 9.17) is 10.5 Å². The summed E-state index contributed by atoms with van der Waals surface area (Å²) in [6.07, 6.45) is 0. The van der Waals surface area contributed by atoms with Gasteiger partial charge >= 0.3 is 6.01 Å². The molecule has 1 aromatic heterocycles. The van der Waals surface area contributed by atoms with Crippen LogP contribution in [0.1, 0.15) is 20.8 Å². The summed E-state index contributed by atoms with van der Waals surface area (Å²) in [4.78, 5) is 14.0. The van der Waals surface area contributed by atoms with Gasteiger partial charge in [0.25, 0.3) is 0 Å². The molecule has 0 aliphatic heterocycles. The minimum absolute atomic E-state index is 0.156. The Morgan fingerprint density at radius 2 is 1.88 bits per heavy atom. The monoisotopic (exact) mass is 225 g/mol. The van der Waals surface area contributed by atoms with E-state index < -0.39 is 0 Å². The Labute approximate surface area is 95.9 Å². The van der Waals surface area contributed by atoms with Gasteiger partial charge in [0.15, 0.2) is 0 Å². The third kappa shape index (κ3) is 3.52. The number of nitrogens with zero attached hydrogens (tertiary/aromatic N) is 4. The molecule has 0 unspecified atom stereocenters. The topological polar surface area (TPSA) is 77.2 Å². The predicted molar refractivity (Wildman–Crippen MR) is 63.5 cm³/mol. The van der Waals surface area contributed by atoms with Crippen molar-refractivity contribution in [2.45, 2.75) is 20.8 Å². The molecule has 0 fully saturated rings. The van der Waals surface area contributed by atoms with Crippen molar-refractivity contribution < 1.29 is 4.74 Å². The van der Waals surface area contributed by atoms with Crippen LogP contribution in [0.25, 0.3) is 0 Å². The lowest BCUT2D eigenvalue weighted by atomic mass is 9.96. The maximum atomic E-state index is 5.57. The fourth-order valence-corrected chi connectivity index (χ4v) is 1.41. The van der Waals surface area contributed by atoms with Crippen molar-refractivity contribution in [2.75, 3.05) is 31.3 Å². The van der Waals surface area contributed by atoms with Crippen LogP contribution in [0.4, 0.5) is 11.9 Å². The maximum Gasteiger partial charge on any atom is 0.322 e. The second-order valence-electron chi connectivity index (χ2n) is 4.90. The lowest BCUT2D eigenvalue weighted by Crippen LogP contribution is -2.30. The first kappa shape index (κ1) is 12.5. The molecule has 0 atom stereocenters. The Hall–Kier alpha value is -1.59. The second kappa shape index (κ2) is 4.51. The number of hydrogen-bond donors (Lipinski definition) is 1. The Bertz CT molecular complexity index is 361. The van der Waals surface area contributed by atoms with Gasteiger partial charge in [-0.15, -0.1) is 0 Å². The van der Waals surface area contributed by atoms with Crippen LogP contribution in [0.2, 0.25) is 0 Å². The van der Waals surface area contributed by atoms with Crippen molar-refractivity contribution in [3.05, 3.63) is 0 Å². The highest BCUT2D eigenvalue weighted by Crippen LogP contribution is 2.18. The predicted octanol–water partition coefficient (Wildman–Crippen LogP) is 0.945. The normalized spacial score (nSPS) is 11.3. The van der Waals surface area contributed by atoms with Gasteiger partial charge < -0.3 is 15.4 Å². The van der Waals surface area contributed by atoms with Crippen molar-refractivity contribution in [3.8, 4) is 6.01 Å². The number of aromatic nitrogens is 3. The van der Waals surface area contributed by atoms with Gasteiger partial charge in [-0.2, -0.15) is 15.0 Å². The largest absolute Gasteiger partial charge is 0.467 e. The molecule has 0 aromatic carbocycles. The van der Waals surface area contributed by atoms with Crippen molar-refractivity contribution in [1.29, 1.82) is 0 Å². The molecular formula is C10H19N5O. The molecule has 1 heterocycles. The zero-order valence-electron chi connectivity index (χ0n) is 10.5. The molecule has 6 heteroatoms. The zero-order valence-corrected chi connectivity index (χ0v) is 10.5. The highest BCUT2D eigenvalue weighted by atomic mass is 16.5. The summed E-state index contributed by atoms with van der Waals surface area (Å²) in [6.45, 7) is 7.25. The molecule has 0 bridgehead atoms. The van der Waals surface area contributed by atoms with Gasteiger partial charge in [-0.3, -0.25) is 0 Å². The van der Waals surface area contributed by atoms with E-state index in [2.05, 4.69) is 35.7 Å². The maximum absolute atomic E-state index is 5.57. The van der Waals surface area contributed by atoms with Crippen molar-refractivity contribution in [2.24, 2.45) is 5.41 Å². The van der Waals surface area contributed by atoms with E-state index in [-0.39, 0.29) is 17.4 Å². The van der Waals surface area contributed by atoms with Crippen LogP contribution in [0, 0.1) is 5.41 Å². The Morgan fingerprint density at radius 1 is 1.25 bits per heavy atom. The number of anilines is 2. The first-order valence-electron chi connectivity index (χ1n) is 5.08. The van der Waals surface area contributed by atoms with Gasteiger partial charge in [-0.05, 0) is 5.41 Å². The molecular weight excluding hydrogens is 206 g/mol. The average molecular weight is 225 g/mol. The molecule has 2 N–H and O–H groups in total. The molecule has 0 amide bonds. The number of hydrogen-bond acceptors (Lipinski definition) is 6. The Kier molecular flexibility index (Phi) is 3.51. The van der Waals surface area contributed by atoms with Crippen LogP contribution in [0.15, 0.2) is 0 Å². The van der Waals surface area contributed by atoms with Crippen LogP contribution < -0.4 is 15.4 Å². The fourth-order valence-electron chi connectivity index (χ4n) is 1.41. The second-order valence-corrected chi connectivity index (χ2v) is 4.90. The van der Waals surface area contributed by atoms with Crippen LogP contribution in [-0.4, -0.2) is 35.7 Å². The van der Waals surface area contributed by atoms with Gasteiger partial charge in [-0.1, -0.05) is 20.8 Å². The molecule has 1 rings (SSSR count). The van der Waals surface area contributed by atoms with Gasteiger partial charge in [0.05, 0.1) is 7.11 Å².